The maximum absolute atomic E-state index is 12.6. The van der Waals surface area contributed by atoms with E-state index in [0.29, 0.717) is 17.1 Å². The third-order valence-corrected chi connectivity index (χ3v) is 3.70. The van der Waals surface area contributed by atoms with Crippen molar-refractivity contribution >= 4 is 12.0 Å². The van der Waals surface area contributed by atoms with Gasteiger partial charge in [-0.15, -0.1) is 13.2 Å². The summed E-state index contributed by atoms with van der Waals surface area (Å²) in [5.74, 6) is 0.598. The second kappa shape index (κ2) is 8.51. The van der Waals surface area contributed by atoms with E-state index in [1.807, 2.05) is 0 Å². The molecule has 0 bridgehead atoms. The molecule has 1 aromatic carbocycles. The van der Waals surface area contributed by atoms with Crippen molar-refractivity contribution in [3.63, 3.8) is 0 Å². The minimum absolute atomic E-state index is 0.245. The first kappa shape index (κ1) is 19.3. The molecule has 0 fully saturated rings. The molecule has 0 aliphatic rings. The minimum atomic E-state index is -4.74. The van der Waals surface area contributed by atoms with E-state index in [2.05, 4.69) is 4.74 Å². The van der Waals surface area contributed by atoms with Crippen molar-refractivity contribution in [2.75, 3.05) is 0 Å². The second-order valence-electron chi connectivity index (χ2n) is 5.80. The maximum atomic E-state index is 12.6. The molecule has 0 unspecified atom stereocenters. The van der Waals surface area contributed by atoms with Crippen molar-refractivity contribution in [3.05, 3.63) is 84.2 Å². The van der Waals surface area contributed by atoms with Crippen molar-refractivity contribution in [1.82, 2.24) is 4.90 Å². The Hall–Kier alpha value is -3.42. The van der Waals surface area contributed by atoms with Gasteiger partial charge in [-0.05, 0) is 48.0 Å². The smallest absolute Gasteiger partial charge is 0.467 e. The number of rotatable bonds is 7. The number of hydrogen-bond acceptors (Lipinski definition) is 4. The fourth-order valence-corrected chi connectivity index (χ4v) is 2.45. The highest BCUT2D eigenvalue weighted by Gasteiger charge is 2.30. The Bertz CT molecular complexity index is 862. The van der Waals surface area contributed by atoms with Crippen LogP contribution in [0.4, 0.5) is 13.2 Å². The highest BCUT2D eigenvalue weighted by atomic mass is 19.4. The van der Waals surface area contributed by atoms with Crippen LogP contribution in [0.1, 0.15) is 17.1 Å². The molecule has 0 aliphatic heterocycles. The number of furan rings is 2. The number of nitrogens with zero attached hydrogens (tertiary/aromatic N) is 1. The van der Waals surface area contributed by atoms with Crippen LogP contribution in [0, 0.1) is 0 Å². The van der Waals surface area contributed by atoms with Gasteiger partial charge in [0.15, 0.2) is 0 Å². The van der Waals surface area contributed by atoms with Crippen LogP contribution in [0.25, 0.3) is 6.08 Å². The van der Waals surface area contributed by atoms with Gasteiger partial charge in [0.25, 0.3) is 0 Å². The number of hydrogen-bond donors (Lipinski definition) is 0. The fraction of sp³-hybridized carbons (Fsp3) is 0.150. The summed E-state index contributed by atoms with van der Waals surface area (Å²) in [6, 6.07) is 12.2. The molecule has 0 spiro atoms. The largest absolute Gasteiger partial charge is 0.573 e. The molecular weight excluding hydrogens is 375 g/mol. The Morgan fingerprint density at radius 2 is 1.54 bits per heavy atom. The maximum Gasteiger partial charge on any atom is 0.573 e. The zero-order valence-corrected chi connectivity index (χ0v) is 14.6. The highest BCUT2D eigenvalue weighted by Crippen LogP contribution is 2.23. The van der Waals surface area contributed by atoms with Crippen LogP contribution in [0.2, 0.25) is 0 Å². The number of carbonyl (C=O) groups excluding carboxylic acids is 1. The minimum Gasteiger partial charge on any atom is -0.467 e. The number of benzene rings is 1. The lowest BCUT2D eigenvalue weighted by atomic mass is 10.2. The lowest BCUT2D eigenvalue weighted by Crippen LogP contribution is -2.28. The summed E-state index contributed by atoms with van der Waals surface area (Å²) in [5, 5.41) is 0. The molecule has 5 nitrogen and oxygen atoms in total. The molecule has 0 radical (unpaired) electrons. The third-order valence-electron chi connectivity index (χ3n) is 3.70. The molecule has 0 N–H and O–H groups in total. The number of ether oxygens (including phenoxy) is 1. The summed E-state index contributed by atoms with van der Waals surface area (Å²) in [6.45, 7) is 0.491. The van der Waals surface area contributed by atoms with Crippen molar-refractivity contribution in [2.45, 2.75) is 19.5 Å². The molecular formula is C20H16F3NO4. The molecule has 3 aromatic rings. The van der Waals surface area contributed by atoms with Gasteiger partial charge in [-0.2, -0.15) is 0 Å². The monoisotopic (exact) mass is 391 g/mol. The van der Waals surface area contributed by atoms with Crippen LogP contribution in [-0.4, -0.2) is 17.2 Å². The first-order valence-corrected chi connectivity index (χ1v) is 8.26. The average Bonchev–Trinajstić information content (AvgIpc) is 3.33. The van der Waals surface area contributed by atoms with Gasteiger partial charge >= 0.3 is 6.36 Å². The zero-order chi connectivity index (χ0) is 20.0. The van der Waals surface area contributed by atoms with Crippen LogP contribution in [0.3, 0.4) is 0 Å². The molecule has 0 saturated heterocycles. The van der Waals surface area contributed by atoms with Gasteiger partial charge < -0.3 is 18.5 Å². The van der Waals surface area contributed by atoms with Gasteiger partial charge in [-0.25, -0.2) is 0 Å². The number of alkyl halides is 3. The molecule has 1 amide bonds. The summed E-state index contributed by atoms with van der Waals surface area (Å²) < 4.78 is 51.0. The molecule has 0 aliphatic carbocycles. The van der Waals surface area contributed by atoms with E-state index in [4.69, 9.17) is 8.83 Å². The van der Waals surface area contributed by atoms with E-state index in [1.165, 1.54) is 53.8 Å². The predicted octanol–water partition coefficient (Wildman–Crippen LogP) is 5.01. The van der Waals surface area contributed by atoms with Gasteiger partial charge in [0.1, 0.15) is 17.3 Å². The van der Waals surface area contributed by atoms with Gasteiger partial charge in [0.2, 0.25) is 5.91 Å². The Morgan fingerprint density at radius 1 is 0.964 bits per heavy atom. The quantitative estimate of drug-likeness (QED) is 0.531. The van der Waals surface area contributed by atoms with Crippen LogP contribution in [-0.2, 0) is 17.9 Å². The standard InChI is InChI=1S/C20H16F3NO4/c21-20(22,23)28-16-8-5-15(6-9-16)7-10-19(25)24(13-17-3-1-11-26-17)14-18-4-2-12-27-18/h1-12H,13-14H2/b10-7+. The van der Waals surface area contributed by atoms with Crippen LogP contribution in [0.15, 0.2) is 76.0 Å². The Balaban J connectivity index is 1.68. The van der Waals surface area contributed by atoms with E-state index in [-0.39, 0.29) is 24.7 Å². The molecule has 3 rings (SSSR count). The molecule has 146 valence electrons. The third kappa shape index (κ3) is 5.80. The summed E-state index contributed by atoms with van der Waals surface area (Å²) in [7, 11) is 0. The van der Waals surface area contributed by atoms with Crippen molar-refractivity contribution in [2.24, 2.45) is 0 Å². The highest BCUT2D eigenvalue weighted by molar-refractivity contribution is 5.91. The average molecular weight is 391 g/mol. The van der Waals surface area contributed by atoms with Crippen molar-refractivity contribution < 1.29 is 31.5 Å². The second-order valence-corrected chi connectivity index (χ2v) is 5.80. The van der Waals surface area contributed by atoms with Gasteiger partial charge in [-0.1, -0.05) is 12.1 Å². The lowest BCUT2D eigenvalue weighted by Gasteiger charge is -2.18. The first-order chi connectivity index (χ1) is 13.4. The Kier molecular flexibility index (Phi) is 5.88. The molecule has 2 aromatic heterocycles. The van der Waals surface area contributed by atoms with Crippen molar-refractivity contribution in [1.29, 1.82) is 0 Å². The molecule has 0 saturated carbocycles. The zero-order valence-electron chi connectivity index (χ0n) is 14.6. The SMILES string of the molecule is O=C(/C=C/c1ccc(OC(F)(F)F)cc1)N(Cc1ccco1)Cc1ccco1. The van der Waals surface area contributed by atoms with E-state index in [9.17, 15) is 18.0 Å². The van der Waals surface area contributed by atoms with E-state index >= 15 is 0 Å². The van der Waals surface area contributed by atoms with Gasteiger partial charge in [-0.3, -0.25) is 4.79 Å². The lowest BCUT2D eigenvalue weighted by molar-refractivity contribution is -0.274. The normalized spacial score (nSPS) is 11.7. The van der Waals surface area contributed by atoms with Crippen molar-refractivity contribution in [3.8, 4) is 5.75 Å². The van der Waals surface area contributed by atoms with Crippen LogP contribution in [0.5, 0.6) is 5.75 Å². The van der Waals surface area contributed by atoms with Gasteiger partial charge in [0.05, 0.1) is 25.6 Å². The van der Waals surface area contributed by atoms with Crippen LogP contribution >= 0.6 is 0 Å². The Labute approximate surface area is 158 Å². The molecule has 8 heteroatoms. The van der Waals surface area contributed by atoms with E-state index < -0.39 is 6.36 Å². The van der Waals surface area contributed by atoms with Crippen LogP contribution < -0.4 is 4.74 Å². The first-order valence-electron chi connectivity index (χ1n) is 8.26. The van der Waals surface area contributed by atoms with E-state index in [1.54, 1.807) is 24.3 Å². The number of halogens is 3. The summed E-state index contributed by atoms with van der Waals surface area (Å²) in [6.07, 6.45) is 1.14. The summed E-state index contributed by atoms with van der Waals surface area (Å²) >= 11 is 0. The molecule has 28 heavy (non-hydrogen) atoms. The van der Waals surface area contributed by atoms with Gasteiger partial charge in [0, 0.05) is 6.08 Å². The summed E-state index contributed by atoms with van der Waals surface area (Å²) in [4.78, 5) is 14.1. The predicted molar refractivity (Wildman–Crippen MR) is 93.8 cm³/mol. The number of carbonyl (C=O) groups is 1. The molecule has 2 heterocycles. The number of amides is 1. The molecule has 0 atom stereocenters. The van der Waals surface area contributed by atoms with E-state index in [0.717, 1.165) is 0 Å². The topological polar surface area (TPSA) is 55.8 Å². The fourth-order valence-electron chi connectivity index (χ4n) is 2.45. The summed E-state index contributed by atoms with van der Waals surface area (Å²) in [5.41, 5.74) is 0.554. The Morgan fingerprint density at radius 3 is 2.00 bits per heavy atom.